The molecule has 0 fully saturated rings. The Kier molecular flexibility index (Phi) is 5.06. The molecule has 0 bridgehead atoms. The van der Waals surface area contributed by atoms with Gasteiger partial charge in [-0.3, -0.25) is 9.98 Å². The summed E-state index contributed by atoms with van der Waals surface area (Å²) < 4.78 is 6.07. The summed E-state index contributed by atoms with van der Waals surface area (Å²) in [6.07, 6.45) is 5.98. The molecule has 0 saturated heterocycles. The summed E-state index contributed by atoms with van der Waals surface area (Å²) in [6.45, 7) is 14.3. The molecule has 2 aliphatic heterocycles. The van der Waals surface area contributed by atoms with Crippen LogP contribution in [0.15, 0.2) is 94.5 Å². The van der Waals surface area contributed by atoms with Crippen molar-refractivity contribution in [2.24, 2.45) is 9.98 Å². The molecule has 0 N–H and O–H groups in total. The van der Waals surface area contributed by atoms with Crippen LogP contribution in [0.1, 0.15) is 46.8 Å². The molecule has 172 valence electrons. The van der Waals surface area contributed by atoms with E-state index >= 15 is 0 Å². The minimum atomic E-state index is 0.0453. The zero-order valence-corrected chi connectivity index (χ0v) is 19.8. The number of nitrogens with zero attached hydrogens (tertiary/aromatic N) is 4. The molecule has 0 amide bonds. The average molecular weight is 459 g/mol. The van der Waals surface area contributed by atoms with Gasteiger partial charge in [0.2, 0.25) is 11.4 Å². The van der Waals surface area contributed by atoms with Gasteiger partial charge >= 0.3 is 0 Å². The molecule has 4 aromatic rings. The first-order valence-corrected chi connectivity index (χ1v) is 11.9. The Morgan fingerprint density at radius 2 is 1.74 bits per heavy atom. The maximum atomic E-state index is 6.07. The second-order valence-electron chi connectivity index (χ2n) is 9.23. The van der Waals surface area contributed by atoms with E-state index in [0.717, 1.165) is 63.2 Å². The minimum Gasteiger partial charge on any atom is -0.419 e. The SMILES string of the molecule is C=CC1=NC2CC(=C)N=C(C=C)c3cc4c(nc3CCC2c2ccccc21)oc1nc(C)ccc14. The monoisotopic (exact) mass is 458 g/mol. The summed E-state index contributed by atoms with van der Waals surface area (Å²) in [7, 11) is 0. The van der Waals surface area contributed by atoms with Gasteiger partial charge in [0.25, 0.3) is 0 Å². The number of rotatable bonds is 2. The number of aliphatic imine (C=N–C) groups is 2. The second kappa shape index (κ2) is 8.27. The Morgan fingerprint density at radius 3 is 2.57 bits per heavy atom. The predicted octanol–water partition coefficient (Wildman–Crippen LogP) is 6.65. The van der Waals surface area contributed by atoms with Gasteiger partial charge in [0.05, 0.1) is 28.5 Å². The summed E-state index contributed by atoms with van der Waals surface area (Å²) in [5.74, 6) is 0.234. The lowest BCUT2D eigenvalue weighted by atomic mass is 9.79. The Morgan fingerprint density at radius 1 is 0.943 bits per heavy atom. The van der Waals surface area contributed by atoms with Gasteiger partial charge in [-0.15, -0.1) is 0 Å². The standard InChI is InChI=1S/C30H26N4O/c1-5-25-20-10-8-7-9-19(20)21-13-14-27-24(26(6-2)31-18(4)15-28(21)33-25)16-23-22-12-11-17(3)32-29(22)35-30(23)34-27/h5-12,16,21,28H,1-2,4,13-15H2,3H3. The maximum Gasteiger partial charge on any atom is 0.229 e. The Hall–Kier alpha value is -4.12. The van der Waals surface area contributed by atoms with Gasteiger partial charge < -0.3 is 4.42 Å². The molecule has 3 aromatic heterocycles. The molecule has 5 heterocycles. The predicted molar refractivity (Wildman–Crippen MR) is 143 cm³/mol. The van der Waals surface area contributed by atoms with Crippen LogP contribution in [0.3, 0.4) is 0 Å². The number of fused-ring (bicyclic) bond motifs is 7. The third-order valence-corrected chi connectivity index (χ3v) is 7.03. The van der Waals surface area contributed by atoms with Crippen molar-refractivity contribution in [2.45, 2.75) is 38.1 Å². The lowest BCUT2D eigenvalue weighted by molar-refractivity contribution is 0.487. The molecular formula is C30H26N4O. The average Bonchev–Trinajstić information content (AvgIpc) is 3.21. The first-order chi connectivity index (χ1) is 17.1. The van der Waals surface area contributed by atoms with Crippen molar-refractivity contribution in [2.75, 3.05) is 0 Å². The van der Waals surface area contributed by atoms with E-state index in [2.05, 4.69) is 55.1 Å². The van der Waals surface area contributed by atoms with Crippen molar-refractivity contribution >= 4 is 33.6 Å². The lowest BCUT2D eigenvalue weighted by Gasteiger charge is -2.32. The molecule has 2 unspecified atom stereocenters. The molecule has 0 radical (unpaired) electrons. The molecule has 2 aliphatic rings. The first-order valence-electron chi connectivity index (χ1n) is 11.9. The van der Waals surface area contributed by atoms with Gasteiger partial charge in [0.15, 0.2) is 0 Å². The van der Waals surface area contributed by atoms with Gasteiger partial charge in [-0.25, -0.2) is 9.97 Å². The van der Waals surface area contributed by atoms with Crippen LogP contribution in [0.4, 0.5) is 0 Å². The molecule has 0 aliphatic carbocycles. The lowest BCUT2D eigenvalue weighted by Crippen LogP contribution is -2.27. The minimum absolute atomic E-state index is 0.0453. The Labute approximate surface area is 204 Å². The highest BCUT2D eigenvalue weighted by Gasteiger charge is 2.31. The van der Waals surface area contributed by atoms with Crippen molar-refractivity contribution in [1.82, 2.24) is 9.97 Å². The molecule has 0 spiro atoms. The molecule has 0 saturated carbocycles. The van der Waals surface area contributed by atoms with E-state index in [9.17, 15) is 0 Å². The van der Waals surface area contributed by atoms with Crippen LogP contribution in [-0.2, 0) is 6.42 Å². The molecule has 6 rings (SSSR count). The van der Waals surface area contributed by atoms with Crippen molar-refractivity contribution in [3.8, 4) is 0 Å². The topological polar surface area (TPSA) is 63.6 Å². The van der Waals surface area contributed by atoms with E-state index in [-0.39, 0.29) is 12.0 Å². The number of hydrogen-bond acceptors (Lipinski definition) is 5. The molecule has 1 aromatic carbocycles. The van der Waals surface area contributed by atoms with Gasteiger partial charge in [0.1, 0.15) is 0 Å². The van der Waals surface area contributed by atoms with Crippen LogP contribution in [0, 0.1) is 6.92 Å². The number of benzene rings is 1. The van der Waals surface area contributed by atoms with Crippen molar-refractivity contribution in [3.05, 3.63) is 108 Å². The van der Waals surface area contributed by atoms with Crippen LogP contribution >= 0.6 is 0 Å². The van der Waals surface area contributed by atoms with Crippen molar-refractivity contribution in [1.29, 1.82) is 0 Å². The second-order valence-corrected chi connectivity index (χ2v) is 9.23. The third-order valence-electron chi connectivity index (χ3n) is 7.03. The highest BCUT2D eigenvalue weighted by molar-refractivity contribution is 6.13. The normalized spacial score (nSPS) is 19.9. The Balaban J connectivity index is 1.53. The van der Waals surface area contributed by atoms with Crippen molar-refractivity contribution < 1.29 is 4.42 Å². The highest BCUT2D eigenvalue weighted by atomic mass is 16.3. The van der Waals surface area contributed by atoms with E-state index in [1.54, 1.807) is 6.08 Å². The summed E-state index contributed by atoms with van der Waals surface area (Å²) in [5.41, 5.74) is 8.97. The fourth-order valence-corrected chi connectivity index (χ4v) is 5.39. The molecule has 2 atom stereocenters. The molecular weight excluding hydrogens is 432 g/mol. The highest BCUT2D eigenvalue weighted by Crippen LogP contribution is 2.39. The largest absolute Gasteiger partial charge is 0.419 e. The summed E-state index contributed by atoms with van der Waals surface area (Å²) in [4.78, 5) is 19.5. The van der Waals surface area contributed by atoms with Gasteiger partial charge in [0, 0.05) is 40.2 Å². The third kappa shape index (κ3) is 3.55. The smallest absolute Gasteiger partial charge is 0.229 e. The van der Waals surface area contributed by atoms with E-state index in [1.165, 1.54) is 5.56 Å². The van der Waals surface area contributed by atoms with Gasteiger partial charge in [-0.05, 0) is 55.7 Å². The van der Waals surface area contributed by atoms with Crippen LogP contribution in [-0.4, -0.2) is 27.4 Å². The van der Waals surface area contributed by atoms with Crippen LogP contribution in [0.2, 0.25) is 0 Å². The summed E-state index contributed by atoms with van der Waals surface area (Å²) in [5, 5.41) is 1.89. The number of aryl methyl sites for hydroxylation is 2. The summed E-state index contributed by atoms with van der Waals surface area (Å²) >= 11 is 0. The Bertz CT molecular complexity index is 1600. The van der Waals surface area contributed by atoms with Gasteiger partial charge in [-0.1, -0.05) is 44.0 Å². The maximum absolute atomic E-state index is 6.07. The van der Waals surface area contributed by atoms with Crippen LogP contribution < -0.4 is 0 Å². The molecule has 35 heavy (non-hydrogen) atoms. The quantitative estimate of drug-likeness (QED) is 0.338. The van der Waals surface area contributed by atoms with Crippen molar-refractivity contribution in [3.63, 3.8) is 0 Å². The zero-order valence-electron chi connectivity index (χ0n) is 19.8. The number of allylic oxidation sites excluding steroid dienone is 2. The molecule has 5 nitrogen and oxygen atoms in total. The summed E-state index contributed by atoms with van der Waals surface area (Å²) in [6, 6.07) is 14.7. The zero-order chi connectivity index (χ0) is 24.1. The van der Waals surface area contributed by atoms with E-state index in [4.69, 9.17) is 19.4 Å². The number of aromatic nitrogens is 2. The fourth-order valence-electron chi connectivity index (χ4n) is 5.39. The molecule has 5 heteroatoms. The number of pyridine rings is 2. The number of furan rings is 1. The fraction of sp³-hybridized carbons (Fsp3) is 0.200. The first kappa shape index (κ1) is 21.4. The van der Waals surface area contributed by atoms with E-state index < -0.39 is 0 Å². The van der Waals surface area contributed by atoms with Crippen LogP contribution in [0.25, 0.3) is 22.2 Å². The van der Waals surface area contributed by atoms with Gasteiger partial charge in [-0.2, -0.15) is 0 Å². The van der Waals surface area contributed by atoms with Crippen LogP contribution in [0.5, 0.6) is 0 Å². The van der Waals surface area contributed by atoms with E-state index in [1.807, 2.05) is 25.1 Å². The number of hydrogen-bond donors (Lipinski definition) is 0. The van der Waals surface area contributed by atoms with E-state index in [0.29, 0.717) is 17.8 Å².